The van der Waals surface area contributed by atoms with E-state index in [2.05, 4.69) is 6.92 Å². The van der Waals surface area contributed by atoms with Crippen molar-refractivity contribution in [2.75, 3.05) is 6.61 Å². The summed E-state index contributed by atoms with van der Waals surface area (Å²) in [7, 11) is 0. The minimum atomic E-state index is -0.323. The lowest BCUT2D eigenvalue weighted by molar-refractivity contribution is -0.142. The van der Waals surface area contributed by atoms with Crippen molar-refractivity contribution in [1.82, 2.24) is 0 Å². The summed E-state index contributed by atoms with van der Waals surface area (Å²) in [6.45, 7) is 2.68. The standard InChI is InChI=1S/C20H32O4/c1-2-3-4-5-6-7-8-9-10-11-12-24-20(23)15-17-13-18(21)16-19(22)14-17/h13-14,16,21-22H,2-12,15H2,1H3. The zero-order valence-electron chi connectivity index (χ0n) is 14.9. The van der Waals surface area contributed by atoms with Crippen LogP contribution in [0.25, 0.3) is 0 Å². The molecule has 1 rings (SSSR count). The molecule has 0 amide bonds. The van der Waals surface area contributed by atoms with Gasteiger partial charge in [-0.1, -0.05) is 64.7 Å². The summed E-state index contributed by atoms with van der Waals surface area (Å²) in [5, 5.41) is 18.7. The first-order valence-electron chi connectivity index (χ1n) is 9.29. The van der Waals surface area contributed by atoms with Gasteiger partial charge in [-0.25, -0.2) is 0 Å². The molecule has 24 heavy (non-hydrogen) atoms. The van der Waals surface area contributed by atoms with E-state index in [1.54, 1.807) is 0 Å². The molecule has 0 aliphatic heterocycles. The molecule has 0 bridgehead atoms. The zero-order chi connectivity index (χ0) is 17.6. The molecule has 0 heterocycles. The highest BCUT2D eigenvalue weighted by Gasteiger charge is 2.07. The lowest BCUT2D eigenvalue weighted by Crippen LogP contribution is -2.09. The van der Waals surface area contributed by atoms with Gasteiger partial charge in [-0.05, 0) is 24.1 Å². The molecule has 0 aliphatic rings. The largest absolute Gasteiger partial charge is 0.508 e. The Morgan fingerprint density at radius 2 is 1.33 bits per heavy atom. The van der Waals surface area contributed by atoms with E-state index in [4.69, 9.17) is 4.74 Å². The van der Waals surface area contributed by atoms with Crippen molar-refractivity contribution >= 4 is 5.97 Å². The second-order valence-corrected chi connectivity index (χ2v) is 6.44. The van der Waals surface area contributed by atoms with E-state index in [1.165, 1.54) is 69.6 Å². The summed E-state index contributed by atoms with van der Waals surface area (Å²) < 4.78 is 5.20. The number of aromatic hydroxyl groups is 2. The van der Waals surface area contributed by atoms with Gasteiger partial charge in [-0.15, -0.1) is 0 Å². The molecule has 1 aromatic carbocycles. The lowest BCUT2D eigenvalue weighted by Gasteiger charge is -2.06. The minimum absolute atomic E-state index is 0.0486. The number of carbonyl (C=O) groups excluding carboxylic acids is 1. The highest BCUT2D eigenvalue weighted by atomic mass is 16.5. The van der Waals surface area contributed by atoms with Crippen molar-refractivity contribution < 1.29 is 19.7 Å². The smallest absolute Gasteiger partial charge is 0.310 e. The van der Waals surface area contributed by atoms with Crippen LogP contribution in [0.2, 0.25) is 0 Å². The van der Waals surface area contributed by atoms with Crippen LogP contribution in [0.5, 0.6) is 11.5 Å². The van der Waals surface area contributed by atoms with E-state index in [9.17, 15) is 15.0 Å². The van der Waals surface area contributed by atoms with E-state index in [0.717, 1.165) is 12.8 Å². The number of benzene rings is 1. The molecular formula is C20H32O4. The summed E-state index contributed by atoms with van der Waals surface area (Å²) in [6.07, 6.45) is 12.5. The molecule has 2 N–H and O–H groups in total. The first kappa shape index (κ1) is 20.3. The molecule has 0 aliphatic carbocycles. The van der Waals surface area contributed by atoms with Crippen LogP contribution in [-0.2, 0) is 16.0 Å². The number of phenols is 2. The molecule has 0 radical (unpaired) electrons. The van der Waals surface area contributed by atoms with Crippen LogP contribution in [0.4, 0.5) is 0 Å². The van der Waals surface area contributed by atoms with Crippen molar-refractivity contribution in [3.05, 3.63) is 23.8 Å². The third-order valence-corrected chi connectivity index (χ3v) is 4.07. The van der Waals surface area contributed by atoms with Crippen LogP contribution in [0.1, 0.15) is 76.7 Å². The second-order valence-electron chi connectivity index (χ2n) is 6.44. The third-order valence-electron chi connectivity index (χ3n) is 4.07. The average molecular weight is 336 g/mol. The number of ether oxygens (including phenoxy) is 1. The van der Waals surface area contributed by atoms with Gasteiger partial charge in [0.05, 0.1) is 13.0 Å². The minimum Gasteiger partial charge on any atom is -0.508 e. The molecule has 1 aromatic rings. The maximum absolute atomic E-state index is 11.7. The fraction of sp³-hybridized carbons (Fsp3) is 0.650. The third kappa shape index (κ3) is 10.1. The van der Waals surface area contributed by atoms with Crippen molar-refractivity contribution in [3.63, 3.8) is 0 Å². The van der Waals surface area contributed by atoms with E-state index in [-0.39, 0.29) is 23.9 Å². The average Bonchev–Trinajstić information content (AvgIpc) is 2.51. The van der Waals surface area contributed by atoms with Gasteiger partial charge in [0.2, 0.25) is 0 Å². The number of rotatable bonds is 13. The molecule has 0 saturated heterocycles. The summed E-state index contributed by atoms with van der Waals surface area (Å²) in [6, 6.07) is 4.15. The van der Waals surface area contributed by atoms with Gasteiger partial charge in [0.25, 0.3) is 0 Å². The molecule has 0 fully saturated rings. The molecule has 0 unspecified atom stereocenters. The molecule has 0 atom stereocenters. The summed E-state index contributed by atoms with van der Waals surface area (Å²) >= 11 is 0. The summed E-state index contributed by atoms with van der Waals surface area (Å²) in [5.41, 5.74) is 0.556. The predicted molar refractivity (Wildman–Crippen MR) is 96.3 cm³/mol. The molecule has 0 saturated carbocycles. The lowest BCUT2D eigenvalue weighted by atomic mass is 10.1. The van der Waals surface area contributed by atoms with Crippen LogP contribution < -0.4 is 0 Å². The number of esters is 1. The monoisotopic (exact) mass is 336 g/mol. The fourth-order valence-corrected chi connectivity index (χ4v) is 2.75. The van der Waals surface area contributed by atoms with Gasteiger partial charge >= 0.3 is 5.97 Å². The Morgan fingerprint density at radius 3 is 1.88 bits per heavy atom. The number of hydrogen-bond acceptors (Lipinski definition) is 4. The Kier molecular flexibility index (Phi) is 10.7. The first-order valence-corrected chi connectivity index (χ1v) is 9.29. The van der Waals surface area contributed by atoms with Gasteiger partial charge in [0.1, 0.15) is 11.5 Å². The fourth-order valence-electron chi connectivity index (χ4n) is 2.75. The van der Waals surface area contributed by atoms with E-state index >= 15 is 0 Å². The van der Waals surface area contributed by atoms with Crippen LogP contribution in [0.3, 0.4) is 0 Å². The number of unbranched alkanes of at least 4 members (excludes halogenated alkanes) is 9. The number of hydrogen-bond donors (Lipinski definition) is 2. The predicted octanol–water partition coefficient (Wildman–Crippen LogP) is 5.10. The second kappa shape index (κ2) is 12.7. The highest BCUT2D eigenvalue weighted by Crippen LogP contribution is 2.20. The van der Waals surface area contributed by atoms with Crippen molar-refractivity contribution in [2.45, 2.75) is 77.6 Å². The van der Waals surface area contributed by atoms with Gasteiger partial charge in [0.15, 0.2) is 0 Å². The van der Waals surface area contributed by atoms with Gasteiger partial charge in [-0.2, -0.15) is 0 Å². The van der Waals surface area contributed by atoms with Crippen molar-refractivity contribution in [1.29, 1.82) is 0 Å². The topological polar surface area (TPSA) is 66.8 Å². The highest BCUT2D eigenvalue weighted by molar-refractivity contribution is 5.72. The Labute approximate surface area is 145 Å². The van der Waals surface area contributed by atoms with Crippen LogP contribution in [0, 0.1) is 0 Å². The summed E-state index contributed by atoms with van der Waals surface area (Å²) in [5.74, 6) is -0.420. The molecule has 0 aromatic heterocycles. The normalized spacial score (nSPS) is 10.7. The number of phenolic OH excluding ortho intramolecular Hbond substituents is 2. The Hall–Kier alpha value is -1.71. The summed E-state index contributed by atoms with van der Waals surface area (Å²) in [4.78, 5) is 11.7. The molecule has 4 heteroatoms. The maximum atomic E-state index is 11.7. The quantitative estimate of drug-likeness (QED) is 0.388. The van der Waals surface area contributed by atoms with Crippen LogP contribution >= 0.6 is 0 Å². The molecule has 0 spiro atoms. The molecule has 136 valence electrons. The van der Waals surface area contributed by atoms with Gasteiger partial charge in [-0.3, -0.25) is 4.79 Å². The van der Waals surface area contributed by atoms with Crippen molar-refractivity contribution in [2.24, 2.45) is 0 Å². The van der Waals surface area contributed by atoms with E-state index in [1.807, 2.05) is 0 Å². The van der Waals surface area contributed by atoms with E-state index in [0.29, 0.717) is 12.2 Å². The Balaban J connectivity index is 1.98. The SMILES string of the molecule is CCCCCCCCCCCCOC(=O)Cc1cc(O)cc(O)c1. The van der Waals surface area contributed by atoms with Crippen LogP contribution in [-0.4, -0.2) is 22.8 Å². The first-order chi connectivity index (χ1) is 11.6. The molecule has 4 nitrogen and oxygen atoms in total. The van der Waals surface area contributed by atoms with Crippen LogP contribution in [0.15, 0.2) is 18.2 Å². The Morgan fingerprint density at radius 1 is 0.833 bits per heavy atom. The number of carbonyl (C=O) groups is 1. The van der Waals surface area contributed by atoms with Gasteiger partial charge in [0, 0.05) is 6.07 Å². The zero-order valence-corrected chi connectivity index (χ0v) is 14.9. The van der Waals surface area contributed by atoms with Gasteiger partial charge < -0.3 is 14.9 Å². The Bertz CT molecular complexity index is 450. The molecular weight excluding hydrogens is 304 g/mol. The van der Waals surface area contributed by atoms with Crippen molar-refractivity contribution in [3.8, 4) is 11.5 Å². The maximum Gasteiger partial charge on any atom is 0.310 e. The van der Waals surface area contributed by atoms with E-state index < -0.39 is 0 Å².